The van der Waals surface area contributed by atoms with Gasteiger partial charge in [0.2, 0.25) is 5.75 Å². The van der Waals surface area contributed by atoms with Crippen molar-refractivity contribution < 1.29 is 18.7 Å². The second kappa shape index (κ2) is 5.55. The molecule has 0 atom stereocenters. The highest BCUT2D eigenvalue weighted by Gasteiger charge is 2.22. The van der Waals surface area contributed by atoms with E-state index in [9.17, 15) is 0 Å². The first kappa shape index (κ1) is 13.8. The third kappa shape index (κ3) is 2.29. The van der Waals surface area contributed by atoms with Crippen molar-refractivity contribution in [1.29, 1.82) is 0 Å². The van der Waals surface area contributed by atoms with E-state index in [1.165, 1.54) is 0 Å². The third-order valence-electron chi connectivity index (χ3n) is 2.61. The zero-order valence-electron chi connectivity index (χ0n) is 10.7. The Morgan fingerprint density at radius 1 is 1.11 bits per heavy atom. The van der Waals surface area contributed by atoms with Crippen LogP contribution in [0, 0.1) is 3.57 Å². The van der Waals surface area contributed by atoms with Gasteiger partial charge in [-0.3, -0.25) is 0 Å². The lowest BCUT2D eigenvalue weighted by Crippen LogP contribution is -1.97. The van der Waals surface area contributed by atoms with E-state index < -0.39 is 0 Å². The topological polar surface area (TPSA) is 79.7 Å². The van der Waals surface area contributed by atoms with Crippen molar-refractivity contribution in [2.45, 2.75) is 0 Å². The normalized spacial score (nSPS) is 10.3. The maximum Gasteiger partial charge on any atom is 0.204 e. The summed E-state index contributed by atoms with van der Waals surface area (Å²) in [5.41, 5.74) is 6.39. The lowest BCUT2D eigenvalue weighted by molar-refractivity contribution is 0.324. The Balaban J connectivity index is 2.67. The molecule has 19 heavy (non-hydrogen) atoms. The Hall–Kier alpha value is -1.64. The quantitative estimate of drug-likeness (QED) is 0.827. The number of halogens is 1. The highest BCUT2D eigenvalue weighted by molar-refractivity contribution is 14.1. The van der Waals surface area contributed by atoms with E-state index in [-0.39, 0.29) is 0 Å². The van der Waals surface area contributed by atoms with Gasteiger partial charge < -0.3 is 24.5 Å². The van der Waals surface area contributed by atoms with Gasteiger partial charge in [-0.15, -0.1) is 0 Å². The molecule has 1 heterocycles. The van der Waals surface area contributed by atoms with Crippen molar-refractivity contribution in [3.05, 3.63) is 15.7 Å². The summed E-state index contributed by atoms with van der Waals surface area (Å²) in [6, 6.07) is 3.58. The average molecular weight is 376 g/mol. The SMILES string of the molecule is COc1ccc(-c2onc(N)c2I)c(OC)c1OC. The van der Waals surface area contributed by atoms with Gasteiger partial charge in [0.05, 0.1) is 26.9 Å². The van der Waals surface area contributed by atoms with E-state index in [1.807, 2.05) is 6.07 Å². The van der Waals surface area contributed by atoms with Crippen LogP contribution in [0.4, 0.5) is 5.82 Å². The molecule has 7 heteroatoms. The van der Waals surface area contributed by atoms with Crippen molar-refractivity contribution in [2.24, 2.45) is 0 Å². The van der Waals surface area contributed by atoms with E-state index in [4.69, 9.17) is 24.5 Å². The third-order valence-corrected chi connectivity index (χ3v) is 3.65. The van der Waals surface area contributed by atoms with Gasteiger partial charge in [-0.25, -0.2) is 0 Å². The van der Waals surface area contributed by atoms with Gasteiger partial charge in [-0.05, 0) is 34.7 Å². The number of anilines is 1. The lowest BCUT2D eigenvalue weighted by atomic mass is 10.1. The molecule has 1 aromatic carbocycles. The van der Waals surface area contributed by atoms with Gasteiger partial charge in [0.1, 0.15) is 3.57 Å². The van der Waals surface area contributed by atoms with Gasteiger partial charge in [0, 0.05) is 0 Å². The number of aromatic nitrogens is 1. The number of ether oxygens (including phenoxy) is 3. The molecular weight excluding hydrogens is 363 g/mol. The maximum atomic E-state index is 5.69. The fraction of sp³-hybridized carbons (Fsp3) is 0.250. The highest BCUT2D eigenvalue weighted by atomic mass is 127. The number of methoxy groups -OCH3 is 3. The standard InChI is InChI=1S/C12H13IN2O4/c1-16-7-5-4-6(10(17-2)11(7)18-3)9-8(13)12(14)15-19-9/h4-5H,1-3H3,(H2,14,15). The van der Waals surface area contributed by atoms with Gasteiger partial charge in [-0.2, -0.15) is 0 Å². The zero-order valence-corrected chi connectivity index (χ0v) is 12.8. The van der Waals surface area contributed by atoms with E-state index in [2.05, 4.69) is 27.7 Å². The van der Waals surface area contributed by atoms with Crippen LogP contribution >= 0.6 is 22.6 Å². The summed E-state index contributed by atoms with van der Waals surface area (Å²) < 4.78 is 21.9. The van der Waals surface area contributed by atoms with Crippen LogP contribution in [0.5, 0.6) is 17.2 Å². The molecular formula is C12H13IN2O4. The number of benzene rings is 1. The summed E-state index contributed by atoms with van der Waals surface area (Å²) in [4.78, 5) is 0. The van der Waals surface area contributed by atoms with Crippen LogP contribution in [0.1, 0.15) is 0 Å². The first-order chi connectivity index (χ1) is 9.13. The van der Waals surface area contributed by atoms with Crippen molar-refractivity contribution in [3.8, 4) is 28.6 Å². The molecule has 0 aliphatic rings. The van der Waals surface area contributed by atoms with Crippen molar-refractivity contribution >= 4 is 28.4 Å². The Morgan fingerprint density at radius 2 is 1.79 bits per heavy atom. The largest absolute Gasteiger partial charge is 0.493 e. The maximum absolute atomic E-state index is 5.69. The molecule has 2 N–H and O–H groups in total. The second-order valence-corrected chi connectivity index (χ2v) is 4.67. The number of nitrogen functional groups attached to an aromatic ring is 1. The molecule has 0 saturated carbocycles. The summed E-state index contributed by atoms with van der Waals surface area (Å²) in [5, 5.41) is 3.73. The lowest BCUT2D eigenvalue weighted by Gasteiger charge is -2.14. The van der Waals surface area contributed by atoms with Gasteiger partial charge in [-0.1, -0.05) is 5.16 Å². The molecule has 0 aliphatic heterocycles. The Morgan fingerprint density at radius 3 is 2.26 bits per heavy atom. The Bertz CT molecular complexity index is 598. The van der Waals surface area contributed by atoms with Gasteiger partial charge >= 0.3 is 0 Å². The van der Waals surface area contributed by atoms with Crippen LogP contribution in [0.25, 0.3) is 11.3 Å². The number of nitrogens with two attached hydrogens (primary N) is 1. The van der Waals surface area contributed by atoms with Crippen LogP contribution in [-0.4, -0.2) is 26.5 Å². The molecule has 2 aromatic rings. The zero-order chi connectivity index (χ0) is 14.0. The average Bonchev–Trinajstić information content (AvgIpc) is 2.77. The molecule has 0 radical (unpaired) electrons. The van der Waals surface area contributed by atoms with Crippen LogP contribution in [0.3, 0.4) is 0 Å². The molecule has 0 unspecified atom stereocenters. The number of hydrogen-bond donors (Lipinski definition) is 1. The van der Waals surface area contributed by atoms with E-state index in [0.717, 1.165) is 3.57 Å². The molecule has 102 valence electrons. The summed E-state index contributed by atoms with van der Waals surface area (Å²) in [7, 11) is 4.66. The first-order valence-electron chi connectivity index (χ1n) is 5.34. The van der Waals surface area contributed by atoms with Crippen molar-refractivity contribution in [2.75, 3.05) is 27.1 Å². The smallest absolute Gasteiger partial charge is 0.204 e. The van der Waals surface area contributed by atoms with Crippen molar-refractivity contribution in [1.82, 2.24) is 5.16 Å². The van der Waals surface area contributed by atoms with E-state index in [0.29, 0.717) is 34.4 Å². The van der Waals surface area contributed by atoms with Crippen LogP contribution in [0.15, 0.2) is 16.7 Å². The van der Waals surface area contributed by atoms with Crippen molar-refractivity contribution in [3.63, 3.8) is 0 Å². The van der Waals surface area contributed by atoms with Crippen LogP contribution < -0.4 is 19.9 Å². The predicted molar refractivity (Wildman–Crippen MR) is 78.7 cm³/mol. The minimum Gasteiger partial charge on any atom is -0.493 e. The molecule has 2 rings (SSSR count). The summed E-state index contributed by atoms with van der Waals surface area (Å²) in [5.74, 6) is 2.46. The Labute approximate surface area is 123 Å². The first-order valence-corrected chi connectivity index (χ1v) is 6.41. The fourth-order valence-electron chi connectivity index (χ4n) is 1.74. The Kier molecular flexibility index (Phi) is 4.03. The number of nitrogens with zero attached hydrogens (tertiary/aromatic N) is 1. The fourth-order valence-corrected chi connectivity index (χ4v) is 2.23. The molecule has 0 bridgehead atoms. The number of hydrogen-bond acceptors (Lipinski definition) is 6. The molecule has 0 aliphatic carbocycles. The second-order valence-electron chi connectivity index (χ2n) is 3.59. The monoisotopic (exact) mass is 376 g/mol. The molecule has 0 saturated heterocycles. The van der Waals surface area contributed by atoms with Crippen LogP contribution in [0.2, 0.25) is 0 Å². The molecule has 6 nitrogen and oxygen atoms in total. The highest BCUT2D eigenvalue weighted by Crippen LogP contribution is 2.45. The summed E-state index contributed by atoms with van der Waals surface area (Å²) in [6.07, 6.45) is 0. The van der Waals surface area contributed by atoms with Gasteiger partial charge in [0.25, 0.3) is 0 Å². The molecule has 0 amide bonds. The summed E-state index contributed by atoms with van der Waals surface area (Å²) in [6.45, 7) is 0. The molecule has 1 aromatic heterocycles. The minimum atomic E-state index is 0.340. The van der Waals surface area contributed by atoms with Crippen LogP contribution in [-0.2, 0) is 0 Å². The van der Waals surface area contributed by atoms with E-state index >= 15 is 0 Å². The molecule has 0 fully saturated rings. The predicted octanol–water partition coefficient (Wildman–Crippen LogP) is 2.55. The summed E-state index contributed by atoms with van der Waals surface area (Å²) >= 11 is 2.07. The number of rotatable bonds is 4. The minimum absolute atomic E-state index is 0.340. The molecule has 0 spiro atoms. The van der Waals surface area contributed by atoms with Gasteiger partial charge in [0.15, 0.2) is 23.1 Å². The van der Waals surface area contributed by atoms with E-state index in [1.54, 1.807) is 27.4 Å².